The van der Waals surface area contributed by atoms with Gasteiger partial charge in [0, 0.05) is 19.3 Å². The standard InChI is InChI=1S/C12H22O4/c1-6-10(13)15-9(3)8-12(4,5)16-11(14)7-2/h9H,6-8H2,1-5H3/t9-/m1/s1. The summed E-state index contributed by atoms with van der Waals surface area (Å²) < 4.78 is 10.4. The first kappa shape index (κ1) is 14.9. The molecule has 0 fully saturated rings. The Bertz CT molecular complexity index is 245. The Balaban J connectivity index is 4.14. The van der Waals surface area contributed by atoms with Crippen molar-refractivity contribution in [3.8, 4) is 0 Å². The van der Waals surface area contributed by atoms with Crippen molar-refractivity contribution in [2.24, 2.45) is 0 Å². The third-order valence-corrected chi connectivity index (χ3v) is 2.08. The lowest BCUT2D eigenvalue weighted by atomic mass is 10.0. The average molecular weight is 230 g/mol. The zero-order chi connectivity index (χ0) is 12.8. The highest BCUT2D eigenvalue weighted by molar-refractivity contribution is 5.69. The Kier molecular flexibility index (Phi) is 6.08. The van der Waals surface area contributed by atoms with Crippen molar-refractivity contribution in [3.63, 3.8) is 0 Å². The van der Waals surface area contributed by atoms with Crippen LogP contribution in [0.3, 0.4) is 0 Å². The number of carbonyl (C=O) groups excluding carboxylic acids is 2. The Morgan fingerprint density at radius 1 is 1.12 bits per heavy atom. The highest BCUT2D eigenvalue weighted by Gasteiger charge is 2.26. The van der Waals surface area contributed by atoms with Crippen LogP contribution in [0.4, 0.5) is 0 Å². The maximum Gasteiger partial charge on any atom is 0.306 e. The van der Waals surface area contributed by atoms with Crippen LogP contribution in [0.25, 0.3) is 0 Å². The van der Waals surface area contributed by atoms with E-state index in [1.807, 2.05) is 13.8 Å². The molecule has 0 unspecified atom stereocenters. The van der Waals surface area contributed by atoms with Gasteiger partial charge in [0.2, 0.25) is 0 Å². The van der Waals surface area contributed by atoms with Crippen LogP contribution in [-0.2, 0) is 19.1 Å². The fourth-order valence-corrected chi connectivity index (χ4v) is 1.46. The molecule has 0 aromatic heterocycles. The molecule has 0 bridgehead atoms. The largest absolute Gasteiger partial charge is 0.463 e. The zero-order valence-electron chi connectivity index (χ0n) is 10.8. The van der Waals surface area contributed by atoms with Gasteiger partial charge in [-0.2, -0.15) is 0 Å². The highest BCUT2D eigenvalue weighted by atomic mass is 16.6. The van der Waals surface area contributed by atoms with Gasteiger partial charge in [-0.1, -0.05) is 13.8 Å². The van der Waals surface area contributed by atoms with Crippen LogP contribution >= 0.6 is 0 Å². The minimum atomic E-state index is -0.597. The van der Waals surface area contributed by atoms with Gasteiger partial charge in [0.05, 0.1) is 0 Å². The van der Waals surface area contributed by atoms with Crippen LogP contribution in [-0.4, -0.2) is 23.6 Å². The summed E-state index contributed by atoms with van der Waals surface area (Å²) in [6, 6.07) is 0. The van der Waals surface area contributed by atoms with Crippen molar-refractivity contribution in [2.45, 2.75) is 65.6 Å². The molecule has 0 amide bonds. The summed E-state index contributed by atoms with van der Waals surface area (Å²) in [5.74, 6) is -0.468. The predicted molar refractivity (Wildman–Crippen MR) is 60.9 cm³/mol. The smallest absolute Gasteiger partial charge is 0.306 e. The van der Waals surface area contributed by atoms with Crippen molar-refractivity contribution in [2.75, 3.05) is 0 Å². The molecule has 0 heterocycles. The van der Waals surface area contributed by atoms with E-state index in [1.165, 1.54) is 0 Å². The average Bonchev–Trinajstić information content (AvgIpc) is 2.15. The molecule has 0 rings (SSSR count). The van der Waals surface area contributed by atoms with Gasteiger partial charge in [-0.25, -0.2) is 0 Å². The van der Waals surface area contributed by atoms with Gasteiger partial charge >= 0.3 is 11.9 Å². The van der Waals surface area contributed by atoms with Gasteiger partial charge in [-0.3, -0.25) is 9.59 Å². The molecule has 0 saturated heterocycles. The molecule has 0 aliphatic carbocycles. The third kappa shape index (κ3) is 6.43. The van der Waals surface area contributed by atoms with E-state index in [0.29, 0.717) is 19.3 Å². The van der Waals surface area contributed by atoms with E-state index in [-0.39, 0.29) is 18.0 Å². The fraction of sp³-hybridized carbons (Fsp3) is 0.833. The van der Waals surface area contributed by atoms with Crippen molar-refractivity contribution in [1.29, 1.82) is 0 Å². The first-order chi connectivity index (χ1) is 7.30. The van der Waals surface area contributed by atoms with Crippen molar-refractivity contribution < 1.29 is 19.1 Å². The molecule has 0 aliphatic heterocycles. The second kappa shape index (κ2) is 6.51. The monoisotopic (exact) mass is 230 g/mol. The molecular formula is C12H22O4. The summed E-state index contributed by atoms with van der Waals surface area (Å²) in [7, 11) is 0. The van der Waals surface area contributed by atoms with E-state index in [9.17, 15) is 9.59 Å². The van der Waals surface area contributed by atoms with E-state index in [1.54, 1.807) is 20.8 Å². The Hall–Kier alpha value is -1.06. The molecule has 4 nitrogen and oxygen atoms in total. The SMILES string of the molecule is CCC(=O)O[C@H](C)CC(C)(C)OC(=O)CC. The minimum absolute atomic E-state index is 0.231. The number of hydrogen-bond acceptors (Lipinski definition) is 4. The zero-order valence-corrected chi connectivity index (χ0v) is 10.8. The quantitative estimate of drug-likeness (QED) is 0.658. The molecule has 1 atom stereocenters. The Labute approximate surface area is 97.3 Å². The summed E-state index contributed by atoms with van der Waals surface area (Å²) in [6.45, 7) is 8.93. The lowest BCUT2D eigenvalue weighted by Crippen LogP contribution is -2.33. The van der Waals surface area contributed by atoms with Crippen LogP contribution in [0.1, 0.15) is 53.9 Å². The van der Waals surface area contributed by atoms with Gasteiger partial charge in [-0.05, 0) is 20.8 Å². The van der Waals surface area contributed by atoms with E-state index >= 15 is 0 Å². The maximum atomic E-state index is 11.2. The maximum absolute atomic E-state index is 11.2. The van der Waals surface area contributed by atoms with Crippen molar-refractivity contribution in [3.05, 3.63) is 0 Å². The Morgan fingerprint density at radius 2 is 1.62 bits per heavy atom. The highest BCUT2D eigenvalue weighted by Crippen LogP contribution is 2.19. The number of ether oxygens (including phenoxy) is 2. The first-order valence-corrected chi connectivity index (χ1v) is 5.72. The van der Waals surface area contributed by atoms with Gasteiger partial charge in [0.25, 0.3) is 0 Å². The molecule has 4 heteroatoms. The summed E-state index contributed by atoms with van der Waals surface area (Å²) in [5, 5.41) is 0. The van der Waals surface area contributed by atoms with Gasteiger partial charge < -0.3 is 9.47 Å². The van der Waals surface area contributed by atoms with Crippen LogP contribution in [0, 0.1) is 0 Å². The molecule has 0 aromatic carbocycles. The predicted octanol–water partition coefficient (Wildman–Crippen LogP) is 2.45. The van der Waals surface area contributed by atoms with Crippen LogP contribution in [0.15, 0.2) is 0 Å². The van der Waals surface area contributed by atoms with E-state index in [2.05, 4.69) is 0 Å². The van der Waals surface area contributed by atoms with Crippen LogP contribution in [0.5, 0.6) is 0 Å². The number of esters is 2. The molecule has 94 valence electrons. The normalized spacial score (nSPS) is 13.1. The fourth-order valence-electron chi connectivity index (χ4n) is 1.46. The molecule has 0 N–H and O–H groups in total. The summed E-state index contributed by atoms with van der Waals surface area (Å²) in [5.41, 5.74) is -0.597. The summed E-state index contributed by atoms with van der Waals surface area (Å²) >= 11 is 0. The van der Waals surface area contributed by atoms with Gasteiger partial charge in [0.15, 0.2) is 0 Å². The molecule has 0 spiro atoms. The van der Waals surface area contributed by atoms with Gasteiger partial charge in [-0.15, -0.1) is 0 Å². The Morgan fingerprint density at radius 3 is 2.06 bits per heavy atom. The summed E-state index contributed by atoms with van der Waals surface area (Å²) in [6.07, 6.45) is 0.975. The molecule has 0 radical (unpaired) electrons. The molecule has 0 aliphatic rings. The second-order valence-electron chi connectivity index (χ2n) is 4.45. The third-order valence-electron chi connectivity index (χ3n) is 2.08. The van der Waals surface area contributed by atoms with Crippen LogP contribution in [0.2, 0.25) is 0 Å². The number of hydrogen-bond donors (Lipinski definition) is 0. The number of rotatable bonds is 6. The molecule has 16 heavy (non-hydrogen) atoms. The van der Waals surface area contributed by atoms with Gasteiger partial charge in [0.1, 0.15) is 11.7 Å². The number of carbonyl (C=O) groups is 2. The molecular weight excluding hydrogens is 208 g/mol. The van der Waals surface area contributed by atoms with E-state index in [4.69, 9.17) is 9.47 Å². The van der Waals surface area contributed by atoms with Crippen molar-refractivity contribution >= 4 is 11.9 Å². The lowest BCUT2D eigenvalue weighted by Gasteiger charge is -2.27. The topological polar surface area (TPSA) is 52.6 Å². The molecule has 0 aromatic rings. The van der Waals surface area contributed by atoms with Crippen LogP contribution < -0.4 is 0 Å². The first-order valence-electron chi connectivity index (χ1n) is 5.72. The molecule has 0 saturated carbocycles. The van der Waals surface area contributed by atoms with E-state index < -0.39 is 5.60 Å². The summed E-state index contributed by atoms with van der Waals surface area (Å²) in [4.78, 5) is 22.2. The lowest BCUT2D eigenvalue weighted by molar-refractivity contribution is -0.161. The van der Waals surface area contributed by atoms with E-state index in [0.717, 1.165) is 0 Å². The van der Waals surface area contributed by atoms with Crippen molar-refractivity contribution in [1.82, 2.24) is 0 Å². The second-order valence-corrected chi connectivity index (χ2v) is 4.45. The minimum Gasteiger partial charge on any atom is -0.463 e.